The van der Waals surface area contributed by atoms with Gasteiger partial charge in [0.1, 0.15) is 0 Å². The molecule has 0 aromatic heterocycles. The van der Waals surface area contributed by atoms with Crippen LogP contribution in [-0.4, -0.2) is 18.5 Å². The Bertz CT molecular complexity index is 482. The molecule has 1 aromatic rings. The molecule has 0 bridgehead atoms. The molecule has 0 saturated carbocycles. The van der Waals surface area contributed by atoms with Crippen molar-refractivity contribution < 1.29 is 4.79 Å². The molecule has 0 fully saturated rings. The number of fused-ring (bicyclic) bond motifs is 1. The summed E-state index contributed by atoms with van der Waals surface area (Å²) in [6.45, 7) is 8.48. The molecule has 2 rings (SSSR count). The summed E-state index contributed by atoms with van der Waals surface area (Å²) in [6, 6.07) is 6.34. The molecule has 0 aliphatic carbocycles. The lowest BCUT2D eigenvalue weighted by Gasteiger charge is -2.19. The fourth-order valence-electron chi connectivity index (χ4n) is 2.83. The van der Waals surface area contributed by atoms with E-state index >= 15 is 0 Å². The zero-order valence-electron chi connectivity index (χ0n) is 13.5. The van der Waals surface area contributed by atoms with Gasteiger partial charge in [0.2, 0.25) is 0 Å². The smallest absolute Gasteiger partial charge is 0.251 e. The highest BCUT2D eigenvalue weighted by atomic mass is 16.1. The van der Waals surface area contributed by atoms with Crippen LogP contribution in [0.4, 0.5) is 0 Å². The van der Waals surface area contributed by atoms with E-state index in [0.29, 0.717) is 0 Å². The van der Waals surface area contributed by atoms with Gasteiger partial charge >= 0.3 is 0 Å². The van der Waals surface area contributed by atoms with Gasteiger partial charge in [-0.15, -0.1) is 0 Å². The summed E-state index contributed by atoms with van der Waals surface area (Å²) in [5.74, 6) is 0.793. The lowest BCUT2D eigenvalue weighted by atomic mass is 9.98. The molecule has 116 valence electrons. The first-order valence-corrected chi connectivity index (χ1v) is 8.19. The molecule has 1 aliphatic rings. The second kappa shape index (κ2) is 7.60. The molecule has 0 radical (unpaired) electrons. The summed E-state index contributed by atoms with van der Waals surface area (Å²) >= 11 is 0. The number of carbonyl (C=O) groups is 1. The molecule has 1 aliphatic heterocycles. The van der Waals surface area contributed by atoms with Gasteiger partial charge in [-0.05, 0) is 55.5 Å². The fourth-order valence-corrected chi connectivity index (χ4v) is 2.83. The SMILES string of the molecule is CC(C)CCCC(C)NC(=O)c1ccc2c(c1)CNCC2. The number of rotatable bonds is 6. The average molecular weight is 288 g/mol. The summed E-state index contributed by atoms with van der Waals surface area (Å²) in [5, 5.41) is 6.47. The zero-order valence-corrected chi connectivity index (χ0v) is 13.5. The molecule has 3 nitrogen and oxygen atoms in total. The summed E-state index contributed by atoms with van der Waals surface area (Å²) in [5.41, 5.74) is 3.42. The van der Waals surface area contributed by atoms with Crippen LogP contribution in [0.3, 0.4) is 0 Å². The van der Waals surface area contributed by atoms with Crippen molar-refractivity contribution in [2.75, 3.05) is 6.54 Å². The second-order valence-corrected chi connectivity index (χ2v) is 6.61. The molecule has 21 heavy (non-hydrogen) atoms. The van der Waals surface area contributed by atoms with Crippen LogP contribution in [0.2, 0.25) is 0 Å². The zero-order chi connectivity index (χ0) is 15.2. The molecule has 1 heterocycles. The van der Waals surface area contributed by atoms with Crippen molar-refractivity contribution in [2.24, 2.45) is 5.92 Å². The molecule has 2 N–H and O–H groups in total. The van der Waals surface area contributed by atoms with Crippen molar-refractivity contribution in [2.45, 2.75) is 59.0 Å². The first kappa shape index (κ1) is 16.0. The molecular weight excluding hydrogens is 260 g/mol. The Kier molecular flexibility index (Phi) is 5.80. The van der Waals surface area contributed by atoms with Crippen LogP contribution < -0.4 is 10.6 Å². The Hall–Kier alpha value is -1.35. The first-order chi connectivity index (χ1) is 10.1. The van der Waals surface area contributed by atoms with E-state index in [9.17, 15) is 4.79 Å². The number of carbonyl (C=O) groups excluding carboxylic acids is 1. The predicted octanol–water partition coefficient (Wildman–Crippen LogP) is 3.28. The minimum absolute atomic E-state index is 0.0559. The monoisotopic (exact) mass is 288 g/mol. The maximum absolute atomic E-state index is 12.3. The third-order valence-electron chi connectivity index (χ3n) is 4.15. The van der Waals surface area contributed by atoms with Crippen LogP contribution in [0.5, 0.6) is 0 Å². The Balaban J connectivity index is 1.88. The van der Waals surface area contributed by atoms with E-state index in [1.54, 1.807) is 0 Å². The normalized spacial score (nSPS) is 15.6. The van der Waals surface area contributed by atoms with Crippen LogP contribution in [0.25, 0.3) is 0 Å². The number of amides is 1. The van der Waals surface area contributed by atoms with Gasteiger partial charge in [-0.25, -0.2) is 0 Å². The van der Waals surface area contributed by atoms with Gasteiger partial charge < -0.3 is 10.6 Å². The van der Waals surface area contributed by atoms with Crippen molar-refractivity contribution in [1.29, 1.82) is 0 Å². The number of nitrogens with one attached hydrogen (secondary N) is 2. The van der Waals surface area contributed by atoms with Gasteiger partial charge in [-0.1, -0.05) is 32.8 Å². The molecule has 3 heteroatoms. The van der Waals surface area contributed by atoms with Crippen molar-refractivity contribution in [3.8, 4) is 0 Å². The van der Waals surface area contributed by atoms with Gasteiger partial charge in [-0.2, -0.15) is 0 Å². The van der Waals surface area contributed by atoms with Crippen molar-refractivity contribution in [1.82, 2.24) is 10.6 Å². The van der Waals surface area contributed by atoms with E-state index in [0.717, 1.165) is 37.4 Å². The van der Waals surface area contributed by atoms with E-state index in [1.165, 1.54) is 24.0 Å². The van der Waals surface area contributed by atoms with Gasteiger partial charge in [0.25, 0.3) is 5.91 Å². The van der Waals surface area contributed by atoms with Crippen LogP contribution in [0, 0.1) is 5.92 Å². The lowest BCUT2D eigenvalue weighted by molar-refractivity contribution is 0.0937. The van der Waals surface area contributed by atoms with Gasteiger partial charge in [0, 0.05) is 18.2 Å². The number of hydrogen-bond donors (Lipinski definition) is 2. The number of benzene rings is 1. The van der Waals surface area contributed by atoms with Crippen LogP contribution in [0.15, 0.2) is 18.2 Å². The molecule has 1 amide bonds. The minimum Gasteiger partial charge on any atom is -0.350 e. The summed E-state index contributed by atoms with van der Waals surface area (Å²) in [7, 11) is 0. The van der Waals surface area contributed by atoms with Crippen molar-refractivity contribution in [3.63, 3.8) is 0 Å². The Labute approximate surface area is 128 Å². The molecule has 0 spiro atoms. The van der Waals surface area contributed by atoms with E-state index in [4.69, 9.17) is 0 Å². The highest BCUT2D eigenvalue weighted by molar-refractivity contribution is 5.94. The largest absolute Gasteiger partial charge is 0.350 e. The average Bonchev–Trinajstić information content (AvgIpc) is 2.46. The van der Waals surface area contributed by atoms with E-state index in [-0.39, 0.29) is 11.9 Å². The molecule has 1 aromatic carbocycles. The van der Waals surface area contributed by atoms with Gasteiger partial charge in [0.15, 0.2) is 0 Å². The number of hydrogen-bond acceptors (Lipinski definition) is 2. The predicted molar refractivity (Wildman–Crippen MR) is 87.5 cm³/mol. The summed E-state index contributed by atoms with van der Waals surface area (Å²) in [6.07, 6.45) is 4.51. The standard InChI is InChI=1S/C18H28N2O/c1-13(2)5-4-6-14(3)20-18(21)16-8-7-15-9-10-19-12-17(15)11-16/h7-8,11,13-14,19H,4-6,9-10,12H2,1-3H3,(H,20,21). The maximum Gasteiger partial charge on any atom is 0.251 e. The quantitative estimate of drug-likeness (QED) is 0.843. The Morgan fingerprint density at radius 2 is 2.05 bits per heavy atom. The Morgan fingerprint density at radius 1 is 1.24 bits per heavy atom. The Morgan fingerprint density at radius 3 is 2.81 bits per heavy atom. The summed E-state index contributed by atoms with van der Waals surface area (Å²) < 4.78 is 0. The van der Waals surface area contributed by atoms with E-state index < -0.39 is 0 Å². The molecule has 1 atom stereocenters. The highest BCUT2D eigenvalue weighted by Gasteiger charge is 2.14. The van der Waals surface area contributed by atoms with Crippen LogP contribution >= 0.6 is 0 Å². The highest BCUT2D eigenvalue weighted by Crippen LogP contribution is 2.16. The first-order valence-electron chi connectivity index (χ1n) is 8.19. The van der Waals surface area contributed by atoms with Crippen molar-refractivity contribution in [3.05, 3.63) is 34.9 Å². The van der Waals surface area contributed by atoms with E-state index in [1.807, 2.05) is 12.1 Å². The lowest BCUT2D eigenvalue weighted by Crippen LogP contribution is -2.33. The van der Waals surface area contributed by atoms with Gasteiger partial charge in [0.05, 0.1) is 0 Å². The fraction of sp³-hybridized carbons (Fsp3) is 0.611. The topological polar surface area (TPSA) is 41.1 Å². The van der Waals surface area contributed by atoms with Crippen molar-refractivity contribution >= 4 is 5.91 Å². The summed E-state index contributed by atoms with van der Waals surface area (Å²) in [4.78, 5) is 12.3. The molecule has 1 unspecified atom stereocenters. The third kappa shape index (κ3) is 4.85. The van der Waals surface area contributed by atoms with Crippen LogP contribution in [0.1, 0.15) is 61.5 Å². The molecular formula is C18H28N2O. The van der Waals surface area contributed by atoms with Gasteiger partial charge in [-0.3, -0.25) is 4.79 Å². The second-order valence-electron chi connectivity index (χ2n) is 6.61. The third-order valence-corrected chi connectivity index (χ3v) is 4.15. The van der Waals surface area contributed by atoms with E-state index in [2.05, 4.69) is 37.5 Å². The minimum atomic E-state index is 0.0559. The molecule has 0 saturated heterocycles. The maximum atomic E-state index is 12.3. The van der Waals surface area contributed by atoms with Crippen LogP contribution in [-0.2, 0) is 13.0 Å².